The van der Waals surface area contributed by atoms with Crippen molar-refractivity contribution in [3.63, 3.8) is 0 Å². The average Bonchev–Trinajstić information content (AvgIpc) is 3.30. The van der Waals surface area contributed by atoms with E-state index in [0.29, 0.717) is 24.3 Å². The first kappa shape index (κ1) is 27.8. The highest BCUT2D eigenvalue weighted by Gasteiger charge is 2.21. The largest absolute Gasteiger partial charge is 0.480 e. The van der Waals surface area contributed by atoms with Crippen LogP contribution in [0.25, 0.3) is 10.2 Å². The molecule has 4 rings (SSSR count). The number of carboxylic acids is 1. The van der Waals surface area contributed by atoms with Gasteiger partial charge in [0.1, 0.15) is 6.04 Å². The van der Waals surface area contributed by atoms with Gasteiger partial charge in [0, 0.05) is 30.8 Å². The van der Waals surface area contributed by atoms with E-state index < -0.39 is 17.9 Å². The fraction of sp³-hybridized carbons (Fsp3) is 0.267. The number of rotatable bonds is 11. The van der Waals surface area contributed by atoms with E-state index in [2.05, 4.69) is 22.5 Å². The number of benzene rings is 3. The number of amides is 3. The molecule has 0 aliphatic heterocycles. The number of carbonyl (C=O) groups excluding carboxylic acids is 2. The number of carboxylic acid groups (broad SMARTS) is 1. The van der Waals surface area contributed by atoms with E-state index in [9.17, 15) is 19.5 Å². The Morgan fingerprint density at radius 2 is 1.74 bits per heavy atom. The van der Waals surface area contributed by atoms with Crippen LogP contribution in [-0.4, -0.2) is 45.5 Å². The third-order valence-electron chi connectivity index (χ3n) is 6.29. The Balaban J connectivity index is 1.40. The van der Waals surface area contributed by atoms with Gasteiger partial charge in [-0.3, -0.25) is 4.79 Å². The molecule has 3 amide bonds. The quantitative estimate of drug-likeness (QED) is 0.219. The van der Waals surface area contributed by atoms with Crippen molar-refractivity contribution in [1.29, 1.82) is 0 Å². The van der Waals surface area contributed by atoms with Crippen LogP contribution >= 0.6 is 11.3 Å². The molecule has 0 unspecified atom stereocenters. The van der Waals surface area contributed by atoms with Crippen molar-refractivity contribution in [2.24, 2.45) is 0 Å². The van der Waals surface area contributed by atoms with Crippen molar-refractivity contribution in [3.8, 4) is 0 Å². The Morgan fingerprint density at radius 3 is 2.44 bits per heavy atom. The van der Waals surface area contributed by atoms with Crippen molar-refractivity contribution in [3.05, 3.63) is 94.5 Å². The number of carbonyl (C=O) groups is 3. The van der Waals surface area contributed by atoms with Crippen molar-refractivity contribution in [2.45, 2.75) is 45.7 Å². The molecule has 9 heteroatoms. The van der Waals surface area contributed by atoms with Gasteiger partial charge in [-0.2, -0.15) is 0 Å². The second kappa shape index (κ2) is 13.0. The fourth-order valence-electron chi connectivity index (χ4n) is 4.20. The van der Waals surface area contributed by atoms with Crippen LogP contribution in [0.3, 0.4) is 0 Å². The first-order chi connectivity index (χ1) is 18.8. The minimum atomic E-state index is -1.09. The molecule has 3 N–H and O–H groups in total. The molecule has 0 saturated heterocycles. The lowest BCUT2D eigenvalue weighted by molar-refractivity contribution is -0.139. The third-order valence-corrected chi connectivity index (χ3v) is 7.24. The topological polar surface area (TPSA) is 112 Å². The van der Waals surface area contributed by atoms with E-state index in [4.69, 9.17) is 0 Å². The number of hydrogen-bond acceptors (Lipinski definition) is 5. The van der Waals surface area contributed by atoms with E-state index in [1.54, 1.807) is 40.5 Å². The van der Waals surface area contributed by atoms with Crippen molar-refractivity contribution in [1.82, 2.24) is 15.2 Å². The summed E-state index contributed by atoms with van der Waals surface area (Å²) in [6, 6.07) is 20.5. The van der Waals surface area contributed by atoms with Crippen molar-refractivity contribution >= 4 is 45.1 Å². The second-order valence-electron chi connectivity index (χ2n) is 9.37. The number of urea groups is 1. The van der Waals surface area contributed by atoms with Crippen molar-refractivity contribution < 1.29 is 19.5 Å². The van der Waals surface area contributed by atoms with Gasteiger partial charge in [0.05, 0.1) is 15.2 Å². The summed E-state index contributed by atoms with van der Waals surface area (Å²) in [6.07, 6.45) is 1.99. The van der Waals surface area contributed by atoms with Gasteiger partial charge in [-0.1, -0.05) is 55.8 Å². The van der Waals surface area contributed by atoms with Crippen molar-refractivity contribution in [2.75, 3.05) is 11.9 Å². The number of fused-ring (bicyclic) bond motifs is 1. The van der Waals surface area contributed by atoms with Gasteiger partial charge in [-0.05, 0) is 54.8 Å². The summed E-state index contributed by atoms with van der Waals surface area (Å²) in [4.78, 5) is 43.9. The van der Waals surface area contributed by atoms with Crippen LogP contribution in [0, 0.1) is 6.92 Å². The summed E-state index contributed by atoms with van der Waals surface area (Å²) in [5.41, 5.74) is 3.59. The smallest absolute Gasteiger partial charge is 0.326 e. The zero-order valence-corrected chi connectivity index (χ0v) is 22.8. The summed E-state index contributed by atoms with van der Waals surface area (Å²) >= 11 is 1.61. The van der Waals surface area contributed by atoms with Gasteiger partial charge in [0.15, 0.2) is 0 Å². The maximum atomic E-state index is 13.2. The average molecular weight is 545 g/mol. The molecule has 1 atom stereocenters. The number of nitrogens with one attached hydrogen (secondary N) is 2. The van der Waals surface area contributed by atoms with Gasteiger partial charge >= 0.3 is 12.0 Å². The number of aromatic nitrogens is 1. The van der Waals surface area contributed by atoms with E-state index in [1.807, 2.05) is 55.5 Å². The molecular weight excluding hydrogens is 512 g/mol. The number of unbranched alkanes of at least 4 members (excludes halogenated alkanes) is 1. The lowest BCUT2D eigenvalue weighted by Gasteiger charge is -2.23. The zero-order valence-electron chi connectivity index (χ0n) is 22.0. The normalized spacial score (nSPS) is 11.6. The minimum Gasteiger partial charge on any atom is -0.480 e. The van der Waals surface area contributed by atoms with E-state index >= 15 is 0 Å². The van der Waals surface area contributed by atoms with Crippen LogP contribution in [0.2, 0.25) is 0 Å². The Labute approximate surface area is 231 Å². The molecule has 0 spiro atoms. The SMILES string of the molecule is CCCCN(Cc1ccc(C(=O)N[C@@H](Cc2ccccc2)C(=O)O)cc1)C(=O)Nc1ccc2sc(C)nc2c1. The minimum absolute atomic E-state index is 0.191. The van der Waals surface area contributed by atoms with Crippen LogP contribution in [0.1, 0.15) is 46.3 Å². The van der Waals surface area contributed by atoms with Gasteiger partial charge in [-0.15, -0.1) is 11.3 Å². The standard InChI is InChI=1S/C30H32N4O4S/c1-3-4-16-34(30(38)32-24-14-15-27-25(18-24)31-20(2)39-27)19-22-10-12-23(13-11-22)28(35)33-26(29(36)37)17-21-8-6-5-7-9-21/h5-15,18,26H,3-4,16-17,19H2,1-2H3,(H,32,38)(H,33,35)(H,36,37)/t26-/m0/s1. The van der Waals surface area contributed by atoms with Gasteiger partial charge < -0.3 is 20.6 Å². The molecule has 1 aromatic heterocycles. The number of aryl methyl sites for hydroxylation is 1. The molecule has 0 fully saturated rings. The molecule has 3 aromatic carbocycles. The first-order valence-corrected chi connectivity index (χ1v) is 13.7. The van der Waals surface area contributed by atoms with Gasteiger partial charge in [-0.25, -0.2) is 14.6 Å². The lowest BCUT2D eigenvalue weighted by atomic mass is 10.1. The third kappa shape index (κ3) is 7.64. The molecule has 0 radical (unpaired) electrons. The highest BCUT2D eigenvalue weighted by Crippen LogP contribution is 2.24. The van der Waals surface area contributed by atoms with Gasteiger partial charge in [0.2, 0.25) is 0 Å². The molecule has 0 saturated carbocycles. The Kier molecular flexibility index (Phi) is 9.27. The maximum absolute atomic E-state index is 13.2. The molecular formula is C30H32N4O4S. The summed E-state index contributed by atoms with van der Waals surface area (Å²) in [7, 11) is 0. The molecule has 0 aliphatic rings. The van der Waals surface area contributed by atoms with Crippen LogP contribution in [-0.2, 0) is 17.8 Å². The summed E-state index contributed by atoms with van der Waals surface area (Å²) in [5.74, 6) is -1.55. The molecule has 0 aliphatic carbocycles. The molecule has 8 nitrogen and oxygen atoms in total. The number of thiazole rings is 1. The predicted molar refractivity (Wildman–Crippen MR) is 154 cm³/mol. The Hall–Kier alpha value is -4.24. The number of nitrogens with zero attached hydrogens (tertiary/aromatic N) is 2. The summed E-state index contributed by atoms with van der Waals surface area (Å²) in [5, 5.41) is 16.2. The highest BCUT2D eigenvalue weighted by molar-refractivity contribution is 7.18. The fourth-order valence-corrected chi connectivity index (χ4v) is 5.01. The highest BCUT2D eigenvalue weighted by atomic mass is 32.1. The molecule has 39 heavy (non-hydrogen) atoms. The zero-order chi connectivity index (χ0) is 27.8. The Bertz CT molecular complexity index is 1440. The Morgan fingerprint density at radius 1 is 1.00 bits per heavy atom. The monoisotopic (exact) mass is 544 g/mol. The predicted octanol–water partition coefficient (Wildman–Crippen LogP) is 5.86. The van der Waals surface area contributed by atoms with Crippen LogP contribution in [0.4, 0.5) is 10.5 Å². The second-order valence-corrected chi connectivity index (χ2v) is 10.6. The summed E-state index contributed by atoms with van der Waals surface area (Å²) < 4.78 is 1.08. The van der Waals surface area contributed by atoms with Crippen LogP contribution in [0.5, 0.6) is 0 Å². The molecule has 0 bridgehead atoms. The number of hydrogen-bond donors (Lipinski definition) is 3. The maximum Gasteiger partial charge on any atom is 0.326 e. The van der Waals surface area contributed by atoms with E-state index in [0.717, 1.165) is 39.2 Å². The number of aliphatic carboxylic acids is 1. The molecule has 1 heterocycles. The molecule has 4 aromatic rings. The van der Waals surface area contributed by atoms with Crippen LogP contribution in [0.15, 0.2) is 72.8 Å². The number of anilines is 1. The first-order valence-electron chi connectivity index (χ1n) is 12.9. The van der Waals surface area contributed by atoms with Gasteiger partial charge in [0.25, 0.3) is 5.91 Å². The van der Waals surface area contributed by atoms with E-state index in [1.165, 1.54) is 0 Å². The molecule has 202 valence electrons. The van der Waals surface area contributed by atoms with E-state index in [-0.39, 0.29) is 12.5 Å². The summed E-state index contributed by atoms with van der Waals surface area (Å²) in [6.45, 7) is 4.99. The van der Waals surface area contributed by atoms with Crippen LogP contribution < -0.4 is 10.6 Å². The lowest BCUT2D eigenvalue weighted by Crippen LogP contribution is -2.42.